The summed E-state index contributed by atoms with van der Waals surface area (Å²) in [6.45, 7) is 3.56. The van der Waals surface area contributed by atoms with Gasteiger partial charge in [-0.2, -0.15) is 0 Å². The summed E-state index contributed by atoms with van der Waals surface area (Å²) >= 11 is 6.00. The van der Waals surface area contributed by atoms with Crippen LogP contribution in [0.4, 0.5) is 5.69 Å². The second-order valence-corrected chi connectivity index (χ2v) is 9.16. The third-order valence-corrected chi connectivity index (χ3v) is 7.20. The van der Waals surface area contributed by atoms with E-state index in [1.54, 1.807) is 55.6 Å². The number of likely N-dealkylation sites (N-methyl/N-ethyl adjacent to an activating group) is 1. The Morgan fingerprint density at radius 1 is 1.09 bits per heavy atom. The highest BCUT2D eigenvalue weighted by Crippen LogP contribution is 2.53. The number of halogens is 1. The summed E-state index contributed by atoms with van der Waals surface area (Å²) in [6.07, 6.45) is 0. The molecule has 2 amide bonds. The van der Waals surface area contributed by atoms with Gasteiger partial charge in [-0.3, -0.25) is 14.4 Å². The van der Waals surface area contributed by atoms with Crippen LogP contribution in [-0.4, -0.2) is 74.0 Å². The Balaban J connectivity index is 1.69. The van der Waals surface area contributed by atoms with Crippen LogP contribution in [0.2, 0.25) is 5.02 Å². The molecule has 9 heteroatoms. The number of para-hydroxylation sites is 1. The Kier molecular flexibility index (Phi) is 5.67. The number of hydrogen-bond donors (Lipinski definition) is 2. The second kappa shape index (κ2) is 8.54. The number of likely N-dealkylation sites (tertiary alicyclic amines) is 1. The SMILES string of the molecule is CN1C(=O)C2(C(=C(O)c3ccc(Cl)cc3)C(=O)C(=O)N2CC[NH+]2CCOCC2)c2ccccc21. The van der Waals surface area contributed by atoms with E-state index in [9.17, 15) is 19.5 Å². The molecule has 2 fully saturated rings. The maximum Gasteiger partial charge on any atom is 0.296 e. The number of benzene rings is 2. The zero-order chi connectivity index (χ0) is 24.0. The lowest BCUT2D eigenvalue weighted by Gasteiger charge is -2.35. The van der Waals surface area contributed by atoms with Gasteiger partial charge in [0.2, 0.25) is 0 Å². The van der Waals surface area contributed by atoms with Crippen LogP contribution in [0.25, 0.3) is 5.76 Å². The van der Waals surface area contributed by atoms with Gasteiger partial charge in [0.15, 0.2) is 5.54 Å². The highest BCUT2D eigenvalue weighted by atomic mass is 35.5. The van der Waals surface area contributed by atoms with Crippen LogP contribution in [0, 0.1) is 0 Å². The van der Waals surface area contributed by atoms with E-state index in [0.717, 1.165) is 13.1 Å². The fourth-order valence-electron chi connectivity index (χ4n) is 5.20. The lowest BCUT2D eigenvalue weighted by atomic mass is 9.82. The predicted octanol–water partition coefficient (Wildman–Crippen LogP) is 0.807. The number of morpholine rings is 1. The number of carbonyl (C=O) groups excluding carboxylic acids is 3. The average Bonchev–Trinajstić information content (AvgIpc) is 3.22. The number of hydrogen-bond acceptors (Lipinski definition) is 5. The molecule has 1 unspecified atom stereocenters. The molecule has 176 valence electrons. The third-order valence-electron chi connectivity index (χ3n) is 6.95. The Morgan fingerprint density at radius 3 is 2.47 bits per heavy atom. The first kappa shape index (κ1) is 22.6. The Hall–Kier alpha value is -3.20. The summed E-state index contributed by atoms with van der Waals surface area (Å²) in [5.41, 5.74) is -0.525. The van der Waals surface area contributed by atoms with Crippen molar-refractivity contribution in [2.24, 2.45) is 0 Å². The lowest BCUT2D eigenvalue weighted by Crippen LogP contribution is -3.14. The van der Waals surface area contributed by atoms with Gasteiger partial charge in [0.05, 0.1) is 31.9 Å². The van der Waals surface area contributed by atoms with Crippen molar-refractivity contribution >= 4 is 40.6 Å². The Morgan fingerprint density at radius 2 is 1.76 bits per heavy atom. The molecule has 2 N–H and O–H groups in total. The number of ketones is 1. The molecular weight excluding hydrogens is 458 g/mol. The van der Waals surface area contributed by atoms with Crippen LogP contribution < -0.4 is 9.80 Å². The number of aliphatic hydroxyl groups excluding tert-OH is 1. The summed E-state index contributed by atoms with van der Waals surface area (Å²) in [6, 6.07) is 13.4. The van der Waals surface area contributed by atoms with E-state index < -0.39 is 28.9 Å². The third kappa shape index (κ3) is 3.25. The van der Waals surface area contributed by atoms with Crippen LogP contribution in [0.15, 0.2) is 54.1 Å². The smallest absolute Gasteiger partial charge is 0.296 e. The molecule has 0 bridgehead atoms. The molecule has 0 aromatic heterocycles. The fourth-order valence-corrected chi connectivity index (χ4v) is 5.33. The summed E-state index contributed by atoms with van der Waals surface area (Å²) in [4.78, 5) is 44.8. The summed E-state index contributed by atoms with van der Waals surface area (Å²) in [5, 5.41) is 11.8. The average molecular weight is 483 g/mol. The van der Waals surface area contributed by atoms with Crippen LogP contribution in [0.3, 0.4) is 0 Å². The first-order valence-electron chi connectivity index (χ1n) is 11.2. The lowest BCUT2D eigenvalue weighted by molar-refractivity contribution is -0.907. The number of anilines is 1. The van der Waals surface area contributed by atoms with E-state index in [1.165, 1.54) is 14.7 Å². The molecule has 3 aliphatic heterocycles. The van der Waals surface area contributed by atoms with Crippen LogP contribution in [-0.2, 0) is 24.7 Å². The van der Waals surface area contributed by atoms with Crippen molar-refractivity contribution in [3.05, 3.63) is 70.3 Å². The zero-order valence-corrected chi connectivity index (χ0v) is 19.5. The number of ether oxygens (including phenoxy) is 1. The Labute approximate surface area is 202 Å². The molecule has 5 rings (SSSR count). The van der Waals surface area contributed by atoms with Gasteiger partial charge in [-0.15, -0.1) is 0 Å². The molecule has 8 nitrogen and oxygen atoms in total. The quantitative estimate of drug-likeness (QED) is 0.382. The van der Waals surface area contributed by atoms with E-state index in [4.69, 9.17) is 16.3 Å². The molecule has 1 spiro atoms. The first-order valence-corrected chi connectivity index (χ1v) is 11.6. The number of amides is 2. The predicted molar refractivity (Wildman–Crippen MR) is 126 cm³/mol. The number of fused-ring (bicyclic) bond motifs is 2. The van der Waals surface area contributed by atoms with Crippen LogP contribution in [0.1, 0.15) is 11.1 Å². The standard InChI is InChI=1S/C25H24ClN3O5/c1-27-19-5-3-2-4-18(19)25(24(27)33)20(21(30)16-6-8-17(26)9-7-16)22(31)23(32)29(25)11-10-28-12-14-34-15-13-28/h2-9,30H,10-15H2,1H3/p+1. The largest absolute Gasteiger partial charge is 0.507 e. The highest BCUT2D eigenvalue weighted by Gasteiger charge is 2.66. The number of carbonyl (C=O) groups is 3. The number of quaternary nitrogens is 1. The van der Waals surface area contributed by atoms with E-state index in [2.05, 4.69) is 0 Å². The van der Waals surface area contributed by atoms with E-state index >= 15 is 0 Å². The van der Waals surface area contributed by atoms with Gasteiger partial charge < -0.3 is 24.5 Å². The monoisotopic (exact) mass is 482 g/mol. The molecule has 2 aromatic carbocycles. The van der Waals surface area contributed by atoms with Gasteiger partial charge in [0.1, 0.15) is 18.8 Å². The molecular formula is C25H25ClN3O5+. The minimum absolute atomic E-state index is 0.186. The summed E-state index contributed by atoms with van der Waals surface area (Å²) in [7, 11) is 1.62. The van der Waals surface area contributed by atoms with Crippen molar-refractivity contribution in [1.82, 2.24) is 4.90 Å². The topological polar surface area (TPSA) is 91.6 Å². The van der Waals surface area contributed by atoms with Gasteiger partial charge in [-0.25, -0.2) is 0 Å². The molecule has 2 saturated heterocycles. The van der Waals surface area contributed by atoms with Crippen molar-refractivity contribution in [2.45, 2.75) is 5.54 Å². The van der Waals surface area contributed by atoms with Gasteiger partial charge >= 0.3 is 0 Å². The van der Waals surface area contributed by atoms with Gasteiger partial charge in [0.25, 0.3) is 17.6 Å². The van der Waals surface area contributed by atoms with Crippen LogP contribution >= 0.6 is 11.6 Å². The number of rotatable bonds is 4. The second-order valence-electron chi connectivity index (χ2n) is 8.72. The fraction of sp³-hybridized carbons (Fsp3) is 0.320. The van der Waals surface area contributed by atoms with E-state index in [-0.39, 0.29) is 12.1 Å². The molecule has 0 saturated carbocycles. The molecule has 2 aromatic rings. The van der Waals surface area contributed by atoms with Crippen molar-refractivity contribution in [1.29, 1.82) is 0 Å². The van der Waals surface area contributed by atoms with Crippen molar-refractivity contribution < 1.29 is 29.1 Å². The maximum atomic E-state index is 13.9. The van der Waals surface area contributed by atoms with Gasteiger partial charge in [0, 0.05) is 28.9 Å². The highest BCUT2D eigenvalue weighted by molar-refractivity contribution is 6.50. The molecule has 0 aliphatic carbocycles. The zero-order valence-electron chi connectivity index (χ0n) is 18.7. The van der Waals surface area contributed by atoms with Crippen molar-refractivity contribution in [3.63, 3.8) is 0 Å². The summed E-state index contributed by atoms with van der Waals surface area (Å²) < 4.78 is 5.42. The summed E-state index contributed by atoms with van der Waals surface area (Å²) in [5.74, 6) is -2.50. The first-order chi connectivity index (χ1) is 16.4. The van der Waals surface area contributed by atoms with Crippen LogP contribution in [0.5, 0.6) is 0 Å². The molecule has 3 heterocycles. The minimum Gasteiger partial charge on any atom is -0.507 e. The Bertz CT molecular complexity index is 1210. The van der Waals surface area contributed by atoms with E-state index in [0.29, 0.717) is 41.6 Å². The minimum atomic E-state index is -1.73. The van der Waals surface area contributed by atoms with Crippen molar-refractivity contribution in [3.8, 4) is 0 Å². The van der Waals surface area contributed by atoms with Gasteiger partial charge in [-0.05, 0) is 30.3 Å². The van der Waals surface area contributed by atoms with E-state index in [1.807, 2.05) is 0 Å². The molecule has 34 heavy (non-hydrogen) atoms. The normalized spacial score (nSPS) is 24.4. The van der Waals surface area contributed by atoms with Gasteiger partial charge in [-0.1, -0.05) is 29.8 Å². The number of nitrogens with one attached hydrogen (secondary N) is 1. The maximum absolute atomic E-state index is 13.9. The molecule has 0 radical (unpaired) electrons. The number of aliphatic hydroxyl groups is 1. The number of Topliss-reactive ketones (excluding diaryl/α,β-unsaturated/α-hetero) is 1. The van der Waals surface area contributed by atoms with Crippen molar-refractivity contribution in [2.75, 3.05) is 51.3 Å². The number of nitrogens with zero attached hydrogens (tertiary/aromatic N) is 2. The molecule has 3 aliphatic rings. The molecule has 1 atom stereocenters.